The highest BCUT2D eigenvalue weighted by Gasteiger charge is 2.24. The Hall–Kier alpha value is 1.05. The van der Waals surface area contributed by atoms with Crippen LogP contribution in [0.2, 0.25) is 0 Å². The van der Waals surface area contributed by atoms with Crippen molar-refractivity contribution < 1.29 is 0 Å². The zero-order valence-corrected chi connectivity index (χ0v) is 10.5. The lowest BCUT2D eigenvalue weighted by Gasteiger charge is -2.11. The van der Waals surface area contributed by atoms with Gasteiger partial charge in [-0.3, -0.25) is 0 Å². The smallest absolute Gasteiger partial charge is 0.0477 e. The third-order valence-electron chi connectivity index (χ3n) is 1.75. The molecule has 0 amide bonds. The molecule has 0 nitrogen and oxygen atoms in total. The Morgan fingerprint density at radius 3 is 2.82 bits per heavy atom. The largest absolute Gasteiger partial charge is 0.114 e. The van der Waals surface area contributed by atoms with Gasteiger partial charge in [-0.05, 0) is 28.4 Å². The van der Waals surface area contributed by atoms with Crippen LogP contribution in [0.15, 0.2) is 9.89 Å². The van der Waals surface area contributed by atoms with Gasteiger partial charge in [-0.1, -0.05) is 35.7 Å². The predicted octanol–water partition coefficient (Wildman–Crippen LogP) is 4.29. The van der Waals surface area contributed by atoms with Crippen LogP contribution >= 0.6 is 43.6 Å². The standard InChI is InChI=1S/C8H12Br2S/c1-2-3-4-7-6(9)5-8(10)11-7/h5-7H,2-4H2,1H3. The fourth-order valence-electron chi connectivity index (χ4n) is 1.10. The molecule has 0 aliphatic carbocycles. The minimum atomic E-state index is 0.577. The summed E-state index contributed by atoms with van der Waals surface area (Å²) >= 11 is 9.10. The maximum Gasteiger partial charge on any atom is 0.0477 e. The third kappa shape index (κ3) is 3.11. The van der Waals surface area contributed by atoms with Crippen LogP contribution in [0, 0.1) is 0 Å². The van der Waals surface area contributed by atoms with Crippen LogP contribution in [0.4, 0.5) is 0 Å². The number of unbranched alkanes of at least 4 members (excludes halogenated alkanes) is 1. The second-order valence-corrected chi connectivity index (χ2v) is 6.43. The molecule has 0 N–H and O–H groups in total. The highest BCUT2D eigenvalue weighted by Crippen LogP contribution is 2.41. The molecule has 2 unspecified atom stereocenters. The molecule has 64 valence electrons. The zero-order chi connectivity index (χ0) is 8.27. The first-order valence-corrected chi connectivity index (χ1v) is 6.51. The van der Waals surface area contributed by atoms with Crippen molar-refractivity contribution in [2.75, 3.05) is 0 Å². The second-order valence-electron chi connectivity index (χ2n) is 2.71. The summed E-state index contributed by atoms with van der Waals surface area (Å²) in [6.07, 6.45) is 6.20. The summed E-state index contributed by atoms with van der Waals surface area (Å²) in [5.41, 5.74) is 0. The van der Waals surface area contributed by atoms with E-state index in [1.54, 1.807) is 0 Å². The Bertz CT molecular complexity index is 156. The Balaban J connectivity index is 2.28. The van der Waals surface area contributed by atoms with Crippen molar-refractivity contribution in [1.29, 1.82) is 0 Å². The van der Waals surface area contributed by atoms with E-state index in [2.05, 4.69) is 44.9 Å². The van der Waals surface area contributed by atoms with Gasteiger partial charge in [0.2, 0.25) is 0 Å². The van der Waals surface area contributed by atoms with Crippen LogP contribution in [-0.4, -0.2) is 10.1 Å². The number of alkyl halides is 1. The molecule has 1 heterocycles. The molecule has 0 aromatic carbocycles. The molecule has 0 radical (unpaired) electrons. The quantitative estimate of drug-likeness (QED) is 0.701. The van der Waals surface area contributed by atoms with E-state index in [-0.39, 0.29) is 0 Å². The topological polar surface area (TPSA) is 0 Å². The molecular weight excluding hydrogens is 288 g/mol. The molecule has 11 heavy (non-hydrogen) atoms. The molecule has 0 aromatic heterocycles. The first kappa shape index (κ1) is 10.1. The number of thioether (sulfide) groups is 1. The molecular formula is C8H12Br2S. The van der Waals surface area contributed by atoms with Crippen LogP contribution in [0.25, 0.3) is 0 Å². The first-order valence-electron chi connectivity index (χ1n) is 3.92. The fourth-order valence-corrected chi connectivity index (χ4v) is 4.50. The molecule has 0 bridgehead atoms. The molecule has 0 saturated carbocycles. The molecule has 1 aliphatic heterocycles. The van der Waals surface area contributed by atoms with Gasteiger partial charge >= 0.3 is 0 Å². The monoisotopic (exact) mass is 298 g/mol. The number of allylic oxidation sites excluding steroid dienone is 1. The van der Waals surface area contributed by atoms with Gasteiger partial charge in [-0.25, -0.2) is 0 Å². The SMILES string of the molecule is CCCCC1SC(Br)=CC1Br. The summed E-state index contributed by atoms with van der Waals surface area (Å²) in [5, 5.41) is 0.754. The lowest BCUT2D eigenvalue weighted by Crippen LogP contribution is -2.09. The van der Waals surface area contributed by atoms with Crippen molar-refractivity contribution in [3.05, 3.63) is 9.89 Å². The van der Waals surface area contributed by atoms with Crippen LogP contribution in [0.1, 0.15) is 26.2 Å². The average molecular weight is 300 g/mol. The van der Waals surface area contributed by atoms with Crippen molar-refractivity contribution in [3.63, 3.8) is 0 Å². The van der Waals surface area contributed by atoms with Crippen molar-refractivity contribution in [2.45, 2.75) is 36.3 Å². The van der Waals surface area contributed by atoms with Crippen molar-refractivity contribution in [3.8, 4) is 0 Å². The highest BCUT2D eigenvalue weighted by atomic mass is 79.9. The van der Waals surface area contributed by atoms with Gasteiger partial charge in [0.1, 0.15) is 0 Å². The average Bonchev–Trinajstić information content (AvgIpc) is 2.26. The lowest BCUT2D eigenvalue weighted by molar-refractivity contribution is 0.701. The first-order chi connectivity index (χ1) is 5.24. The van der Waals surface area contributed by atoms with Gasteiger partial charge in [-0.2, -0.15) is 0 Å². The molecule has 2 atom stereocenters. The van der Waals surface area contributed by atoms with E-state index in [1.807, 2.05) is 11.8 Å². The Labute approximate surface area is 89.5 Å². The molecule has 1 aliphatic rings. The second kappa shape index (κ2) is 4.93. The predicted molar refractivity (Wildman–Crippen MR) is 60.6 cm³/mol. The maximum atomic E-state index is 3.65. The summed E-state index contributed by atoms with van der Waals surface area (Å²) in [6, 6.07) is 0. The van der Waals surface area contributed by atoms with Crippen LogP contribution in [0.3, 0.4) is 0 Å². The minimum Gasteiger partial charge on any atom is -0.114 e. The van der Waals surface area contributed by atoms with E-state index in [1.165, 1.54) is 23.1 Å². The minimum absolute atomic E-state index is 0.577. The van der Waals surface area contributed by atoms with Gasteiger partial charge in [0.05, 0.1) is 0 Å². The summed E-state index contributed by atoms with van der Waals surface area (Å²) in [6.45, 7) is 2.24. The van der Waals surface area contributed by atoms with Gasteiger partial charge in [0, 0.05) is 13.9 Å². The molecule has 3 heteroatoms. The van der Waals surface area contributed by atoms with E-state index in [0.717, 1.165) is 5.25 Å². The number of halogens is 2. The number of hydrogen-bond donors (Lipinski definition) is 0. The van der Waals surface area contributed by atoms with Crippen LogP contribution in [0.5, 0.6) is 0 Å². The van der Waals surface area contributed by atoms with Crippen molar-refractivity contribution in [1.82, 2.24) is 0 Å². The fraction of sp³-hybridized carbons (Fsp3) is 0.750. The maximum absolute atomic E-state index is 3.65. The molecule has 0 aromatic rings. The van der Waals surface area contributed by atoms with Crippen LogP contribution < -0.4 is 0 Å². The Morgan fingerprint density at radius 1 is 1.64 bits per heavy atom. The summed E-state index contributed by atoms with van der Waals surface area (Å²) in [7, 11) is 0. The zero-order valence-electron chi connectivity index (χ0n) is 6.52. The molecule has 1 rings (SSSR count). The van der Waals surface area contributed by atoms with E-state index >= 15 is 0 Å². The summed E-state index contributed by atoms with van der Waals surface area (Å²) < 4.78 is 1.29. The number of rotatable bonds is 3. The summed E-state index contributed by atoms with van der Waals surface area (Å²) in [4.78, 5) is 0.577. The van der Waals surface area contributed by atoms with Crippen molar-refractivity contribution >= 4 is 43.6 Å². The number of hydrogen-bond acceptors (Lipinski definition) is 1. The lowest BCUT2D eigenvalue weighted by atomic mass is 10.1. The normalized spacial score (nSPS) is 30.6. The molecule has 0 saturated heterocycles. The van der Waals surface area contributed by atoms with Crippen molar-refractivity contribution in [2.24, 2.45) is 0 Å². The van der Waals surface area contributed by atoms with Gasteiger partial charge in [-0.15, -0.1) is 11.8 Å². The van der Waals surface area contributed by atoms with E-state index in [0.29, 0.717) is 4.83 Å². The Morgan fingerprint density at radius 2 is 2.36 bits per heavy atom. The third-order valence-corrected chi connectivity index (χ3v) is 5.02. The van der Waals surface area contributed by atoms with Crippen LogP contribution in [-0.2, 0) is 0 Å². The molecule has 0 spiro atoms. The van der Waals surface area contributed by atoms with Gasteiger partial charge < -0.3 is 0 Å². The Kier molecular flexibility index (Phi) is 4.54. The highest BCUT2D eigenvalue weighted by molar-refractivity contribution is 9.14. The molecule has 0 fully saturated rings. The van der Waals surface area contributed by atoms with E-state index in [9.17, 15) is 0 Å². The summed E-state index contributed by atoms with van der Waals surface area (Å²) in [5.74, 6) is 0. The van der Waals surface area contributed by atoms with Gasteiger partial charge in [0.25, 0.3) is 0 Å². The van der Waals surface area contributed by atoms with E-state index < -0.39 is 0 Å². The van der Waals surface area contributed by atoms with E-state index in [4.69, 9.17) is 0 Å². The van der Waals surface area contributed by atoms with Gasteiger partial charge in [0.15, 0.2) is 0 Å².